The molecule has 0 amide bonds. The van der Waals surface area contributed by atoms with Crippen LogP contribution in [0.25, 0.3) is 27.8 Å². The Balaban J connectivity index is 1.52. The molecule has 0 atom stereocenters. The predicted octanol–water partition coefficient (Wildman–Crippen LogP) is 7.15. The molecule has 0 radical (unpaired) electrons. The Morgan fingerprint density at radius 1 is 1.06 bits per heavy atom. The predicted molar refractivity (Wildman–Crippen MR) is 147 cm³/mol. The van der Waals surface area contributed by atoms with Crippen molar-refractivity contribution in [2.75, 3.05) is 0 Å². The normalized spacial score (nSPS) is 19.1. The molecular formula is C30H41N5O. The topological polar surface area (TPSA) is 79.1 Å². The van der Waals surface area contributed by atoms with E-state index < -0.39 is 5.60 Å². The molecular weight excluding hydrogens is 446 g/mol. The highest BCUT2D eigenvalue weighted by molar-refractivity contribution is 5.94. The molecule has 6 nitrogen and oxygen atoms in total. The molecule has 4 heterocycles. The average molecular weight is 488 g/mol. The number of nitrogens with one attached hydrogen (secondary N) is 1. The van der Waals surface area contributed by atoms with E-state index in [-0.39, 0.29) is 0 Å². The summed E-state index contributed by atoms with van der Waals surface area (Å²) in [5, 5.41) is 15.9. The lowest BCUT2D eigenvalue weighted by Crippen LogP contribution is -2.22. The van der Waals surface area contributed by atoms with Gasteiger partial charge in [-0.3, -0.25) is 4.98 Å². The van der Waals surface area contributed by atoms with Crippen LogP contribution in [0.1, 0.15) is 106 Å². The first-order valence-corrected chi connectivity index (χ1v) is 13.6. The molecule has 1 saturated carbocycles. The van der Waals surface area contributed by atoms with Crippen LogP contribution in [0, 0.1) is 26.7 Å². The van der Waals surface area contributed by atoms with Crippen molar-refractivity contribution in [3.8, 4) is 11.3 Å². The molecule has 0 spiro atoms. The molecule has 1 fully saturated rings. The van der Waals surface area contributed by atoms with Crippen molar-refractivity contribution < 1.29 is 5.11 Å². The maximum Gasteiger partial charge on any atom is 0.158 e. The first kappa shape index (κ1) is 24.9. The molecule has 5 rings (SSSR count). The largest absolute Gasteiger partial charge is 0.390 e. The van der Waals surface area contributed by atoms with Crippen LogP contribution in [0.4, 0.5) is 0 Å². The van der Waals surface area contributed by atoms with E-state index in [9.17, 15) is 5.11 Å². The molecule has 0 aromatic carbocycles. The quantitative estimate of drug-likeness (QED) is 0.303. The van der Waals surface area contributed by atoms with Crippen LogP contribution in [-0.4, -0.2) is 35.3 Å². The summed E-state index contributed by atoms with van der Waals surface area (Å²) in [5.41, 5.74) is 10.2. The van der Waals surface area contributed by atoms with E-state index in [4.69, 9.17) is 4.98 Å². The Morgan fingerprint density at radius 2 is 1.78 bits per heavy atom. The summed E-state index contributed by atoms with van der Waals surface area (Å²) in [5.74, 6) is 1.60. The van der Waals surface area contributed by atoms with Crippen LogP contribution < -0.4 is 0 Å². The van der Waals surface area contributed by atoms with Crippen LogP contribution >= 0.6 is 0 Å². The van der Waals surface area contributed by atoms with Crippen molar-refractivity contribution in [3.63, 3.8) is 0 Å². The zero-order valence-electron chi connectivity index (χ0n) is 22.9. The van der Waals surface area contributed by atoms with Gasteiger partial charge in [-0.15, -0.1) is 0 Å². The number of aromatic amines is 1. The number of hydrogen-bond acceptors (Lipinski definition) is 4. The van der Waals surface area contributed by atoms with Gasteiger partial charge in [-0.2, -0.15) is 5.10 Å². The standard InChI is InChI=1S/C30H41N5O/c1-17(2)25-26-20(5)27(22-10-8-21(9-11-22)12-13-30(6,7)36)31-14-24(26)34-28(25)23-15-35-29(32-16-33-35)19(4)18(23)3/h14-17,21-22,34,36H,8-13H2,1-7H3. The van der Waals surface area contributed by atoms with Gasteiger partial charge in [-0.05, 0) is 107 Å². The van der Waals surface area contributed by atoms with Crippen LogP contribution in [0.5, 0.6) is 0 Å². The summed E-state index contributed by atoms with van der Waals surface area (Å²) in [6, 6.07) is 0. The fourth-order valence-corrected chi connectivity index (χ4v) is 6.33. The second kappa shape index (κ2) is 9.29. The van der Waals surface area contributed by atoms with Crippen LogP contribution in [0.3, 0.4) is 0 Å². The number of aliphatic hydroxyl groups is 1. The number of fused-ring (bicyclic) bond motifs is 2. The second-order valence-corrected chi connectivity index (χ2v) is 12.0. The van der Waals surface area contributed by atoms with Crippen molar-refractivity contribution >= 4 is 16.6 Å². The molecule has 0 saturated heterocycles. The lowest BCUT2D eigenvalue weighted by atomic mass is 9.76. The monoisotopic (exact) mass is 487 g/mol. The minimum absolute atomic E-state index is 0.367. The number of rotatable bonds is 6. The van der Waals surface area contributed by atoms with E-state index in [1.165, 1.54) is 64.7 Å². The number of nitrogens with zero attached hydrogens (tertiary/aromatic N) is 4. The highest BCUT2D eigenvalue weighted by Gasteiger charge is 2.28. The summed E-state index contributed by atoms with van der Waals surface area (Å²) in [4.78, 5) is 13.2. The van der Waals surface area contributed by atoms with Crippen LogP contribution in [0.15, 0.2) is 18.7 Å². The average Bonchev–Trinajstić information content (AvgIpc) is 3.45. The Bertz CT molecular complexity index is 1400. The Morgan fingerprint density at radius 3 is 2.44 bits per heavy atom. The number of aromatic nitrogens is 5. The van der Waals surface area contributed by atoms with Crippen LogP contribution in [0.2, 0.25) is 0 Å². The van der Waals surface area contributed by atoms with Gasteiger partial charge in [0.1, 0.15) is 6.33 Å². The molecule has 4 aromatic rings. The third kappa shape index (κ3) is 4.45. The Kier molecular flexibility index (Phi) is 6.44. The maximum atomic E-state index is 10.1. The summed E-state index contributed by atoms with van der Waals surface area (Å²) < 4.78 is 1.89. The first-order chi connectivity index (χ1) is 17.0. The van der Waals surface area contributed by atoms with E-state index in [1.807, 2.05) is 18.4 Å². The van der Waals surface area contributed by atoms with E-state index in [1.54, 1.807) is 6.33 Å². The zero-order chi connectivity index (χ0) is 25.8. The summed E-state index contributed by atoms with van der Waals surface area (Å²) in [7, 11) is 0. The Hall–Kier alpha value is -2.73. The second-order valence-electron chi connectivity index (χ2n) is 12.0. The smallest absolute Gasteiger partial charge is 0.158 e. The fourth-order valence-electron chi connectivity index (χ4n) is 6.33. The third-order valence-electron chi connectivity index (χ3n) is 8.53. The van der Waals surface area contributed by atoms with Crippen molar-refractivity contribution in [3.05, 3.63) is 46.7 Å². The van der Waals surface area contributed by atoms with Crippen LogP contribution in [-0.2, 0) is 0 Å². The van der Waals surface area contributed by atoms with E-state index in [2.05, 4.69) is 62.1 Å². The van der Waals surface area contributed by atoms with Gasteiger partial charge in [0, 0.05) is 28.8 Å². The lowest BCUT2D eigenvalue weighted by molar-refractivity contribution is 0.0608. The molecule has 1 aliphatic carbocycles. The minimum atomic E-state index is -0.561. The van der Waals surface area contributed by atoms with Gasteiger partial charge in [0.25, 0.3) is 0 Å². The molecule has 4 aromatic heterocycles. The van der Waals surface area contributed by atoms with Gasteiger partial charge in [-0.25, -0.2) is 9.50 Å². The number of pyridine rings is 2. The van der Waals surface area contributed by atoms with Gasteiger partial charge >= 0.3 is 0 Å². The number of hydrogen-bond donors (Lipinski definition) is 2. The Labute approximate surface area is 214 Å². The van der Waals surface area contributed by atoms with Gasteiger partial charge in [0.2, 0.25) is 0 Å². The molecule has 1 aliphatic rings. The van der Waals surface area contributed by atoms with Crippen molar-refractivity contribution in [1.82, 2.24) is 24.6 Å². The van der Waals surface area contributed by atoms with E-state index in [0.29, 0.717) is 11.8 Å². The van der Waals surface area contributed by atoms with E-state index >= 15 is 0 Å². The lowest BCUT2D eigenvalue weighted by Gasteiger charge is -2.30. The fraction of sp³-hybridized carbons (Fsp3) is 0.567. The van der Waals surface area contributed by atoms with E-state index in [0.717, 1.165) is 35.5 Å². The van der Waals surface area contributed by atoms with Gasteiger partial charge in [-0.1, -0.05) is 13.8 Å². The molecule has 0 aliphatic heterocycles. The molecule has 6 heteroatoms. The molecule has 2 N–H and O–H groups in total. The third-order valence-corrected chi connectivity index (χ3v) is 8.53. The zero-order valence-corrected chi connectivity index (χ0v) is 22.9. The molecule has 192 valence electrons. The number of H-pyrrole nitrogens is 1. The maximum absolute atomic E-state index is 10.1. The highest BCUT2D eigenvalue weighted by Crippen LogP contribution is 2.43. The highest BCUT2D eigenvalue weighted by atomic mass is 16.3. The van der Waals surface area contributed by atoms with Gasteiger partial charge < -0.3 is 10.1 Å². The SMILES string of the molecule is Cc1c(-c2[nH]c3cnc(C4CCC(CCC(C)(C)O)CC4)c(C)c3c2C(C)C)cn2ncnc2c1C. The van der Waals surface area contributed by atoms with Crippen molar-refractivity contribution in [2.24, 2.45) is 5.92 Å². The first-order valence-electron chi connectivity index (χ1n) is 13.6. The van der Waals surface area contributed by atoms with Gasteiger partial charge in [0.15, 0.2) is 5.65 Å². The molecule has 0 bridgehead atoms. The van der Waals surface area contributed by atoms with Crippen molar-refractivity contribution in [2.45, 2.75) is 104 Å². The minimum Gasteiger partial charge on any atom is -0.390 e. The molecule has 0 unspecified atom stereocenters. The van der Waals surface area contributed by atoms with Gasteiger partial charge in [0.05, 0.1) is 23.0 Å². The molecule has 36 heavy (non-hydrogen) atoms. The summed E-state index contributed by atoms with van der Waals surface area (Å²) in [6.07, 6.45) is 12.6. The number of aryl methyl sites for hydroxylation is 2. The summed E-state index contributed by atoms with van der Waals surface area (Å²) in [6.45, 7) is 15.0. The van der Waals surface area contributed by atoms with Crippen molar-refractivity contribution in [1.29, 1.82) is 0 Å². The summed E-state index contributed by atoms with van der Waals surface area (Å²) >= 11 is 0.